The predicted octanol–water partition coefficient (Wildman–Crippen LogP) is 3.71. The van der Waals surface area contributed by atoms with Crippen LogP contribution in [0.15, 0.2) is 36.4 Å². The van der Waals surface area contributed by atoms with E-state index in [2.05, 4.69) is 4.90 Å². The summed E-state index contributed by atoms with van der Waals surface area (Å²) in [6.45, 7) is 3.16. The molecule has 4 nitrogen and oxygen atoms in total. The fourth-order valence-electron chi connectivity index (χ4n) is 3.01. The third kappa shape index (κ3) is 5.21. The summed E-state index contributed by atoms with van der Waals surface area (Å²) in [7, 11) is 0. The molecule has 8 heteroatoms. The number of nitrogens with zero attached hydrogens (tertiary/aromatic N) is 1. The number of ether oxygens (including phenoxy) is 2. The summed E-state index contributed by atoms with van der Waals surface area (Å²) in [5.41, 5.74) is -0.483. The Morgan fingerprint density at radius 3 is 2.50 bits per heavy atom. The highest BCUT2D eigenvalue weighted by molar-refractivity contribution is 5.68. The third-order valence-electron chi connectivity index (χ3n) is 4.54. The van der Waals surface area contributed by atoms with E-state index < -0.39 is 17.6 Å². The number of rotatable bonds is 6. The SMILES string of the molecule is OCc1ccc(F)c(-c2cc(OCCN3CCOCC3)cc(C(F)(F)F)c2)c1. The highest BCUT2D eigenvalue weighted by Crippen LogP contribution is 2.36. The van der Waals surface area contributed by atoms with Gasteiger partial charge in [-0.05, 0) is 41.5 Å². The first-order chi connectivity index (χ1) is 13.4. The number of morpholine rings is 1. The maximum absolute atomic E-state index is 14.2. The van der Waals surface area contributed by atoms with Crippen LogP contribution in [0.1, 0.15) is 11.1 Å². The van der Waals surface area contributed by atoms with Gasteiger partial charge in [0.2, 0.25) is 0 Å². The summed E-state index contributed by atoms with van der Waals surface area (Å²) >= 11 is 0. The Bertz CT molecular complexity index is 805. The van der Waals surface area contributed by atoms with Crippen molar-refractivity contribution in [3.63, 3.8) is 0 Å². The molecule has 0 atom stereocenters. The van der Waals surface area contributed by atoms with E-state index in [1.807, 2.05) is 0 Å². The van der Waals surface area contributed by atoms with Gasteiger partial charge in [-0.2, -0.15) is 13.2 Å². The van der Waals surface area contributed by atoms with Crippen molar-refractivity contribution in [2.75, 3.05) is 39.5 Å². The quantitative estimate of drug-likeness (QED) is 0.752. The Morgan fingerprint density at radius 1 is 1.07 bits per heavy atom. The zero-order valence-electron chi connectivity index (χ0n) is 15.1. The molecule has 0 aliphatic carbocycles. The number of hydrogen-bond donors (Lipinski definition) is 1. The van der Waals surface area contributed by atoms with E-state index in [4.69, 9.17) is 9.47 Å². The van der Waals surface area contributed by atoms with Gasteiger partial charge >= 0.3 is 6.18 Å². The van der Waals surface area contributed by atoms with Gasteiger partial charge in [0, 0.05) is 25.2 Å². The summed E-state index contributed by atoms with van der Waals surface area (Å²) < 4.78 is 65.0. The Hall–Kier alpha value is -2.16. The largest absolute Gasteiger partial charge is 0.492 e. The topological polar surface area (TPSA) is 41.9 Å². The van der Waals surface area contributed by atoms with Crippen LogP contribution in [0.25, 0.3) is 11.1 Å². The van der Waals surface area contributed by atoms with Crippen molar-refractivity contribution in [1.82, 2.24) is 4.90 Å². The lowest BCUT2D eigenvalue weighted by Crippen LogP contribution is -2.38. The van der Waals surface area contributed by atoms with Gasteiger partial charge in [-0.15, -0.1) is 0 Å². The van der Waals surface area contributed by atoms with Crippen LogP contribution in [0.5, 0.6) is 5.75 Å². The maximum Gasteiger partial charge on any atom is 0.416 e. The summed E-state index contributed by atoms with van der Waals surface area (Å²) in [6, 6.07) is 7.02. The highest BCUT2D eigenvalue weighted by atomic mass is 19.4. The lowest BCUT2D eigenvalue weighted by Gasteiger charge is -2.26. The van der Waals surface area contributed by atoms with Crippen LogP contribution in [0.4, 0.5) is 17.6 Å². The Balaban J connectivity index is 1.85. The molecule has 1 saturated heterocycles. The van der Waals surface area contributed by atoms with Crippen LogP contribution >= 0.6 is 0 Å². The van der Waals surface area contributed by atoms with Crippen LogP contribution in [-0.2, 0) is 17.5 Å². The van der Waals surface area contributed by atoms with E-state index in [0.717, 1.165) is 31.3 Å². The van der Waals surface area contributed by atoms with Gasteiger partial charge in [0.05, 0.1) is 25.4 Å². The van der Waals surface area contributed by atoms with E-state index in [1.165, 1.54) is 18.2 Å². The second-order valence-electron chi connectivity index (χ2n) is 6.52. The molecule has 3 rings (SSSR count). The van der Waals surface area contributed by atoms with E-state index >= 15 is 0 Å². The van der Waals surface area contributed by atoms with Crippen molar-refractivity contribution >= 4 is 0 Å². The molecule has 2 aromatic rings. The molecule has 1 aliphatic heterocycles. The van der Waals surface area contributed by atoms with Gasteiger partial charge < -0.3 is 14.6 Å². The normalized spacial score (nSPS) is 15.6. The molecule has 2 aromatic carbocycles. The van der Waals surface area contributed by atoms with Crippen molar-refractivity contribution in [3.05, 3.63) is 53.3 Å². The summed E-state index contributed by atoms with van der Waals surface area (Å²) in [5.74, 6) is -0.650. The van der Waals surface area contributed by atoms with E-state index in [1.54, 1.807) is 0 Å². The van der Waals surface area contributed by atoms with E-state index in [-0.39, 0.29) is 30.1 Å². The molecule has 0 radical (unpaired) electrons. The Labute approximate surface area is 160 Å². The molecule has 1 heterocycles. The monoisotopic (exact) mass is 399 g/mol. The van der Waals surface area contributed by atoms with Crippen LogP contribution in [0.2, 0.25) is 0 Å². The molecule has 0 amide bonds. The van der Waals surface area contributed by atoms with Gasteiger partial charge in [-0.3, -0.25) is 4.90 Å². The van der Waals surface area contributed by atoms with Crippen molar-refractivity contribution in [3.8, 4) is 16.9 Å². The molecule has 0 saturated carbocycles. The van der Waals surface area contributed by atoms with Crippen molar-refractivity contribution in [1.29, 1.82) is 0 Å². The van der Waals surface area contributed by atoms with Crippen LogP contribution in [-0.4, -0.2) is 49.5 Å². The lowest BCUT2D eigenvalue weighted by molar-refractivity contribution is -0.137. The van der Waals surface area contributed by atoms with Crippen LogP contribution in [0.3, 0.4) is 0 Å². The maximum atomic E-state index is 14.2. The predicted molar refractivity (Wildman–Crippen MR) is 95.5 cm³/mol. The molecule has 0 spiro atoms. The minimum atomic E-state index is -4.59. The van der Waals surface area contributed by atoms with Gasteiger partial charge in [-0.25, -0.2) is 4.39 Å². The standard InChI is InChI=1S/C20H21F4NO3/c21-19-2-1-14(13-26)9-18(19)15-10-16(20(22,23)24)12-17(11-15)28-8-5-25-3-6-27-7-4-25/h1-2,9-12,26H,3-8,13H2. The van der Waals surface area contributed by atoms with Crippen LogP contribution < -0.4 is 4.74 Å². The third-order valence-corrected chi connectivity index (χ3v) is 4.54. The minimum Gasteiger partial charge on any atom is -0.492 e. The first-order valence-corrected chi connectivity index (χ1v) is 8.91. The zero-order chi connectivity index (χ0) is 20.1. The second-order valence-corrected chi connectivity index (χ2v) is 6.52. The first kappa shape index (κ1) is 20.6. The minimum absolute atomic E-state index is 0.0179. The number of aliphatic hydroxyl groups is 1. The van der Waals surface area contributed by atoms with E-state index in [9.17, 15) is 22.7 Å². The van der Waals surface area contributed by atoms with Crippen molar-refractivity contribution < 1.29 is 32.1 Å². The average molecular weight is 399 g/mol. The summed E-state index contributed by atoms with van der Waals surface area (Å²) in [5, 5.41) is 9.24. The van der Waals surface area contributed by atoms with Crippen LogP contribution in [0, 0.1) is 5.82 Å². The number of hydrogen-bond acceptors (Lipinski definition) is 4. The second kappa shape index (κ2) is 8.89. The Morgan fingerprint density at radius 2 is 1.82 bits per heavy atom. The number of halogens is 4. The van der Waals surface area contributed by atoms with Crippen molar-refractivity contribution in [2.45, 2.75) is 12.8 Å². The fourth-order valence-corrected chi connectivity index (χ4v) is 3.01. The van der Waals surface area contributed by atoms with Gasteiger partial charge in [0.25, 0.3) is 0 Å². The molecule has 1 fully saturated rings. The molecule has 0 bridgehead atoms. The molecule has 0 unspecified atom stereocenters. The molecule has 152 valence electrons. The van der Waals surface area contributed by atoms with Gasteiger partial charge in [0.15, 0.2) is 0 Å². The number of alkyl halides is 3. The molecule has 0 aromatic heterocycles. The molecule has 1 N–H and O–H groups in total. The zero-order valence-corrected chi connectivity index (χ0v) is 15.1. The van der Waals surface area contributed by atoms with E-state index in [0.29, 0.717) is 25.3 Å². The summed E-state index contributed by atoms with van der Waals surface area (Å²) in [4.78, 5) is 2.10. The lowest BCUT2D eigenvalue weighted by atomic mass is 10.00. The smallest absolute Gasteiger partial charge is 0.416 e. The fraction of sp³-hybridized carbons (Fsp3) is 0.400. The first-order valence-electron chi connectivity index (χ1n) is 8.91. The molecular formula is C20H21F4NO3. The number of aliphatic hydroxyl groups excluding tert-OH is 1. The van der Waals surface area contributed by atoms with Gasteiger partial charge in [-0.1, -0.05) is 6.07 Å². The van der Waals surface area contributed by atoms with Gasteiger partial charge in [0.1, 0.15) is 18.2 Å². The number of benzene rings is 2. The van der Waals surface area contributed by atoms with Crippen molar-refractivity contribution in [2.24, 2.45) is 0 Å². The summed E-state index contributed by atoms with van der Waals surface area (Å²) in [6.07, 6.45) is -4.59. The average Bonchev–Trinajstić information content (AvgIpc) is 2.68. The molecular weight excluding hydrogens is 378 g/mol. The Kier molecular flexibility index (Phi) is 6.53. The molecule has 1 aliphatic rings. The highest BCUT2D eigenvalue weighted by Gasteiger charge is 2.32. The molecule has 28 heavy (non-hydrogen) atoms.